The summed E-state index contributed by atoms with van der Waals surface area (Å²) in [6.07, 6.45) is 1.68. The Kier molecular flexibility index (Phi) is 8.34. The number of hydrogen-bond donors (Lipinski definition) is 1. The number of hydrogen-bond acceptors (Lipinski definition) is 6. The molecule has 1 aromatic heterocycles. The van der Waals surface area contributed by atoms with Crippen LogP contribution < -0.4 is 10.1 Å². The van der Waals surface area contributed by atoms with Crippen LogP contribution >= 0.6 is 46.7 Å². The number of anilines is 1. The molecule has 0 fully saturated rings. The van der Waals surface area contributed by atoms with E-state index < -0.39 is 0 Å². The van der Waals surface area contributed by atoms with Gasteiger partial charge in [-0.25, -0.2) is 9.97 Å². The lowest BCUT2D eigenvalue weighted by Gasteiger charge is -2.11. The Morgan fingerprint density at radius 2 is 1.71 bits per heavy atom. The van der Waals surface area contributed by atoms with Crippen LogP contribution in [0, 0.1) is 0 Å². The van der Waals surface area contributed by atoms with E-state index in [2.05, 4.69) is 15.3 Å². The number of ether oxygens (including phenoxy) is 1. The molecule has 1 N–H and O–H groups in total. The van der Waals surface area contributed by atoms with E-state index in [9.17, 15) is 4.79 Å². The van der Waals surface area contributed by atoms with Gasteiger partial charge in [-0.2, -0.15) is 0 Å². The zero-order chi connectivity index (χ0) is 23.9. The minimum atomic E-state index is -0.333. The van der Waals surface area contributed by atoms with Gasteiger partial charge in [0.15, 0.2) is 5.16 Å². The first-order valence-electron chi connectivity index (χ1n) is 10.1. The Bertz CT molecular complexity index is 1290. The van der Waals surface area contributed by atoms with E-state index in [1.165, 1.54) is 23.5 Å². The van der Waals surface area contributed by atoms with Crippen molar-refractivity contribution in [2.75, 3.05) is 12.4 Å². The van der Waals surface area contributed by atoms with Crippen LogP contribution in [0.15, 0.2) is 93.9 Å². The van der Waals surface area contributed by atoms with Crippen LogP contribution in [-0.2, 0) is 5.75 Å². The average molecular weight is 528 g/mol. The minimum Gasteiger partial charge on any atom is -0.497 e. The maximum atomic E-state index is 13.2. The Hall–Kier alpha value is -2.71. The van der Waals surface area contributed by atoms with Crippen molar-refractivity contribution >= 4 is 58.3 Å². The molecule has 3 aromatic carbocycles. The molecule has 0 atom stereocenters. The Balaban J connectivity index is 1.59. The fraction of sp³-hybridized carbons (Fsp3) is 0.0800. The number of amides is 1. The quantitative estimate of drug-likeness (QED) is 0.189. The third-order valence-electron chi connectivity index (χ3n) is 4.60. The summed E-state index contributed by atoms with van der Waals surface area (Å²) < 4.78 is 5.25. The topological polar surface area (TPSA) is 64.1 Å². The lowest BCUT2D eigenvalue weighted by molar-refractivity contribution is 0.101. The molecule has 0 aliphatic carbocycles. The van der Waals surface area contributed by atoms with Crippen LogP contribution in [0.5, 0.6) is 5.75 Å². The molecular formula is C25H19Cl2N3O2S2. The Morgan fingerprint density at radius 1 is 1.00 bits per heavy atom. The summed E-state index contributed by atoms with van der Waals surface area (Å²) in [6, 6.07) is 22.2. The first kappa shape index (κ1) is 24.4. The molecule has 4 rings (SSSR count). The van der Waals surface area contributed by atoms with Crippen LogP contribution in [0.2, 0.25) is 10.0 Å². The van der Waals surface area contributed by atoms with Crippen molar-refractivity contribution in [3.63, 3.8) is 0 Å². The number of nitrogens with zero attached hydrogens (tertiary/aromatic N) is 2. The molecule has 172 valence electrons. The Morgan fingerprint density at radius 3 is 2.41 bits per heavy atom. The molecule has 9 heteroatoms. The van der Waals surface area contributed by atoms with Gasteiger partial charge in [0.05, 0.1) is 12.0 Å². The predicted molar refractivity (Wildman–Crippen MR) is 140 cm³/mol. The molecule has 34 heavy (non-hydrogen) atoms. The minimum absolute atomic E-state index is 0.288. The highest BCUT2D eigenvalue weighted by atomic mass is 35.5. The highest BCUT2D eigenvalue weighted by Crippen LogP contribution is 2.32. The standard InChI is InChI=1S/C25H19Cl2N3O2S2/c1-32-20-4-2-3-19(13-20)29-24(31)23-22(34-21-11-9-18(27)10-12-21)14-28-25(30-23)33-15-16-5-7-17(26)8-6-16/h2-14H,15H2,1H3,(H,29,31). The number of thioether (sulfide) groups is 1. The smallest absolute Gasteiger partial charge is 0.275 e. The van der Waals surface area contributed by atoms with Gasteiger partial charge < -0.3 is 10.1 Å². The molecule has 0 unspecified atom stereocenters. The second kappa shape index (κ2) is 11.6. The number of benzene rings is 3. The van der Waals surface area contributed by atoms with E-state index in [-0.39, 0.29) is 11.6 Å². The van der Waals surface area contributed by atoms with Gasteiger partial charge in [-0.05, 0) is 54.1 Å². The zero-order valence-electron chi connectivity index (χ0n) is 18.0. The molecule has 0 bridgehead atoms. The maximum Gasteiger partial charge on any atom is 0.275 e. The second-order valence-corrected chi connectivity index (χ2v) is 9.95. The number of methoxy groups -OCH3 is 1. The largest absolute Gasteiger partial charge is 0.497 e. The third-order valence-corrected chi connectivity index (χ3v) is 7.06. The van der Waals surface area contributed by atoms with Crippen molar-refractivity contribution in [3.8, 4) is 5.75 Å². The summed E-state index contributed by atoms with van der Waals surface area (Å²) >= 11 is 14.8. The number of aromatic nitrogens is 2. The highest BCUT2D eigenvalue weighted by Gasteiger charge is 2.18. The van der Waals surface area contributed by atoms with E-state index in [0.717, 1.165) is 10.5 Å². The van der Waals surface area contributed by atoms with Crippen LogP contribution in [0.4, 0.5) is 5.69 Å². The van der Waals surface area contributed by atoms with Gasteiger partial charge >= 0.3 is 0 Å². The van der Waals surface area contributed by atoms with Crippen molar-refractivity contribution in [2.45, 2.75) is 20.7 Å². The van der Waals surface area contributed by atoms with Crippen molar-refractivity contribution in [1.82, 2.24) is 9.97 Å². The molecule has 0 saturated heterocycles. The van der Waals surface area contributed by atoms with Crippen LogP contribution in [0.25, 0.3) is 0 Å². The van der Waals surface area contributed by atoms with Crippen molar-refractivity contribution in [1.29, 1.82) is 0 Å². The summed E-state index contributed by atoms with van der Waals surface area (Å²) in [5.74, 6) is 0.966. The lowest BCUT2D eigenvalue weighted by atomic mass is 10.2. The lowest BCUT2D eigenvalue weighted by Crippen LogP contribution is -2.16. The molecule has 4 aromatic rings. The van der Waals surface area contributed by atoms with E-state index in [1.54, 1.807) is 37.6 Å². The number of carbonyl (C=O) groups is 1. The van der Waals surface area contributed by atoms with Gasteiger partial charge in [-0.15, -0.1) is 0 Å². The first-order valence-corrected chi connectivity index (χ1v) is 12.7. The SMILES string of the molecule is COc1cccc(NC(=O)c2nc(SCc3ccc(Cl)cc3)ncc2Sc2ccc(Cl)cc2)c1. The van der Waals surface area contributed by atoms with E-state index in [0.29, 0.717) is 37.3 Å². The summed E-state index contributed by atoms with van der Waals surface area (Å²) in [5.41, 5.74) is 1.98. The summed E-state index contributed by atoms with van der Waals surface area (Å²) in [6.45, 7) is 0. The predicted octanol–water partition coefficient (Wildman–Crippen LogP) is 7.49. The Labute approximate surface area is 216 Å². The molecule has 1 amide bonds. The van der Waals surface area contributed by atoms with Crippen LogP contribution in [0.3, 0.4) is 0 Å². The second-order valence-electron chi connectivity index (χ2n) is 7.02. The van der Waals surface area contributed by atoms with Crippen molar-refractivity contribution in [2.24, 2.45) is 0 Å². The summed E-state index contributed by atoms with van der Waals surface area (Å²) in [7, 11) is 1.58. The monoisotopic (exact) mass is 527 g/mol. The van der Waals surface area contributed by atoms with E-state index in [4.69, 9.17) is 27.9 Å². The normalized spacial score (nSPS) is 10.7. The summed E-state index contributed by atoms with van der Waals surface area (Å²) in [5, 5.41) is 4.74. The van der Waals surface area contributed by atoms with Gasteiger partial charge in [0.2, 0.25) is 0 Å². The molecule has 0 aliphatic rings. The number of halogens is 2. The van der Waals surface area contributed by atoms with E-state index in [1.807, 2.05) is 48.5 Å². The van der Waals surface area contributed by atoms with Gasteiger partial charge in [0.25, 0.3) is 5.91 Å². The maximum absolute atomic E-state index is 13.2. The first-order chi connectivity index (χ1) is 16.5. The number of carbonyl (C=O) groups excluding carboxylic acids is 1. The number of nitrogens with one attached hydrogen (secondary N) is 1. The molecular weight excluding hydrogens is 509 g/mol. The van der Waals surface area contributed by atoms with Crippen molar-refractivity contribution in [3.05, 3.63) is 100 Å². The van der Waals surface area contributed by atoms with Gasteiger partial charge in [0.1, 0.15) is 11.4 Å². The zero-order valence-corrected chi connectivity index (χ0v) is 21.1. The molecule has 0 radical (unpaired) electrons. The van der Waals surface area contributed by atoms with Crippen molar-refractivity contribution < 1.29 is 9.53 Å². The fourth-order valence-corrected chi connectivity index (χ4v) is 4.80. The molecule has 5 nitrogen and oxygen atoms in total. The molecule has 0 saturated carbocycles. The highest BCUT2D eigenvalue weighted by molar-refractivity contribution is 7.99. The van der Waals surface area contributed by atoms with E-state index >= 15 is 0 Å². The average Bonchev–Trinajstić information content (AvgIpc) is 2.85. The van der Waals surface area contributed by atoms with Gasteiger partial charge in [-0.3, -0.25) is 4.79 Å². The number of rotatable bonds is 8. The molecule has 1 heterocycles. The third kappa shape index (κ3) is 6.67. The molecule has 0 aliphatic heterocycles. The van der Waals surface area contributed by atoms with Crippen LogP contribution in [0.1, 0.15) is 16.1 Å². The van der Waals surface area contributed by atoms with Gasteiger partial charge in [-0.1, -0.05) is 64.9 Å². The van der Waals surface area contributed by atoms with Gasteiger partial charge in [0, 0.05) is 38.6 Å². The molecule has 0 spiro atoms. The van der Waals surface area contributed by atoms with Crippen LogP contribution in [-0.4, -0.2) is 23.0 Å². The summed E-state index contributed by atoms with van der Waals surface area (Å²) in [4.78, 5) is 23.9. The fourth-order valence-electron chi connectivity index (χ4n) is 2.91.